The normalized spacial score (nSPS) is 17.0. The summed E-state index contributed by atoms with van der Waals surface area (Å²) in [4.78, 5) is 12.5. The zero-order valence-corrected chi connectivity index (χ0v) is 15.4. The Morgan fingerprint density at radius 2 is 2.04 bits per heavy atom. The lowest BCUT2D eigenvalue weighted by molar-refractivity contribution is -0.118. The summed E-state index contributed by atoms with van der Waals surface area (Å²) in [5, 5.41) is 25.3. The second-order valence-corrected chi connectivity index (χ2v) is 7.19. The van der Waals surface area contributed by atoms with Gasteiger partial charge in [0, 0.05) is 11.1 Å². The Labute approximate surface area is 155 Å². The van der Waals surface area contributed by atoms with Crippen LogP contribution in [0.15, 0.2) is 65.9 Å². The van der Waals surface area contributed by atoms with Gasteiger partial charge in [-0.3, -0.25) is 4.79 Å². The number of amides is 1. The summed E-state index contributed by atoms with van der Waals surface area (Å²) >= 11 is 0. The lowest BCUT2D eigenvalue weighted by atomic mass is 9.98. The molecule has 2 rings (SSSR count). The van der Waals surface area contributed by atoms with Gasteiger partial charge in [-0.1, -0.05) is 48.6 Å². The van der Waals surface area contributed by atoms with Gasteiger partial charge in [0.05, 0.1) is 19.1 Å². The van der Waals surface area contributed by atoms with Gasteiger partial charge in [0.1, 0.15) is 0 Å². The smallest absolute Gasteiger partial charge is 0.248 e. The largest absolute Gasteiger partial charge is 0.758 e. The Morgan fingerprint density at radius 1 is 1.35 bits per heavy atom. The molecule has 0 heterocycles. The minimum atomic E-state index is -0.566. The predicted molar refractivity (Wildman–Crippen MR) is 103 cm³/mol. The van der Waals surface area contributed by atoms with Crippen molar-refractivity contribution in [3.8, 4) is 0 Å². The van der Waals surface area contributed by atoms with Crippen LogP contribution in [0.25, 0.3) is 0 Å². The number of hydrogen-bond acceptors (Lipinski definition) is 4. The van der Waals surface area contributed by atoms with Crippen molar-refractivity contribution in [1.82, 2.24) is 10.4 Å². The lowest BCUT2D eigenvalue weighted by Crippen LogP contribution is -2.40. The summed E-state index contributed by atoms with van der Waals surface area (Å²) in [6, 6.07) is 9.27. The molecule has 0 saturated heterocycles. The summed E-state index contributed by atoms with van der Waals surface area (Å²) in [5.74, 6) is -0.330. The van der Waals surface area contributed by atoms with E-state index < -0.39 is 11.6 Å². The number of carbonyl (C=O) groups is 1. The molecule has 2 radical (unpaired) electrons. The molecule has 0 spiro atoms. The molecular weight excluding hydrogens is 328 g/mol. The number of nitrogens with one attached hydrogen (secondary N) is 1. The van der Waals surface area contributed by atoms with E-state index in [0.29, 0.717) is 17.6 Å². The van der Waals surface area contributed by atoms with Crippen LogP contribution in [0.4, 0.5) is 0 Å². The molecule has 138 valence electrons. The average molecular weight is 353 g/mol. The standard InChI is InChI=1S/C21H25N2O3/c1-21(2,3)23(26)14-17-10-7-11-18(12-17)20(25)22-19(15-24)13-16-8-5-4-6-9-16/h4-11,14,19,24H,13,15H2,1-3H3,(H,22,25)/q-1/b17-14-. The van der Waals surface area contributed by atoms with E-state index in [9.17, 15) is 15.1 Å². The highest BCUT2D eigenvalue weighted by Crippen LogP contribution is 2.21. The van der Waals surface area contributed by atoms with Crippen molar-refractivity contribution in [3.63, 3.8) is 0 Å². The first kappa shape index (κ1) is 19.9. The highest BCUT2D eigenvalue weighted by atomic mass is 16.5. The van der Waals surface area contributed by atoms with Gasteiger partial charge in [-0.25, -0.2) is 0 Å². The number of carbonyl (C=O) groups excluding carboxylic acids is 1. The quantitative estimate of drug-likeness (QED) is 0.771. The molecular formula is C21H25N2O3-. The van der Waals surface area contributed by atoms with Crippen molar-refractivity contribution in [2.75, 3.05) is 6.61 Å². The van der Waals surface area contributed by atoms with Gasteiger partial charge in [0.15, 0.2) is 0 Å². The van der Waals surface area contributed by atoms with Crippen molar-refractivity contribution < 1.29 is 9.90 Å². The molecule has 1 aromatic carbocycles. The Morgan fingerprint density at radius 3 is 2.65 bits per heavy atom. The van der Waals surface area contributed by atoms with Crippen LogP contribution in [0.1, 0.15) is 26.3 Å². The average Bonchev–Trinajstić information content (AvgIpc) is 2.61. The van der Waals surface area contributed by atoms with Crippen LogP contribution < -0.4 is 5.32 Å². The zero-order chi connectivity index (χ0) is 19.2. The maximum atomic E-state index is 12.5. The van der Waals surface area contributed by atoms with E-state index in [2.05, 4.69) is 11.7 Å². The Hall–Kier alpha value is -2.37. The van der Waals surface area contributed by atoms with E-state index in [-0.39, 0.29) is 12.5 Å². The molecule has 1 aliphatic carbocycles. The fraction of sp³-hybridized carbons (Fsp3) is 0.333. The van der Waals surface area contributed by atoms with Gasteiger partial charge in [-0.15, -0.1) is 0 Å². The molecule has 2 N–H and O–H groups in total. The highest BCUT2D eigenvalue weighted by molar-refractivity contribution is 5.97. The molecule has 0 aliphatic heterocycles. The van der Waals surface area contributed by atoms with E-state index in [1.54, 1.807) is 18.2 Å². The maximum absolute atomic E-state index is 12.5. The van der Waals surface area contributed by atoms with E-state index in [1.807, 2.05) is 51.1 Å². The number of hydrogen-bond donors (Lipinski definition) is 2. The predicted octanol–water partition coefficient (Wildman–Crippen LogP) is 2.77. The van der Waals surface area contributed by atoms with Crippen molar-refractivity contribution in [3.05, 3.63) is 83.1 Å². The van der Waals surface area contributed by atoms with E-state index >= 15 is 0 Å². The second-order valence-electron chi connectivity index (χ2n) is 7.19. The fourth-order valence-corrected chi connectivity index (χ4v) is 2.34. The molecule has 0 saturated carbocycles. The minimum Gasteiger partial charge on any atom is -0.758 e. The maximum Gasteiger partial charge on any atom is 0.248 e. The highest BCUT2D eigenvalue weighted by Gasteiger charge is 2.19. The molecule has 26 heavy (non-hydrogen) atoms. The van der Waals surface area contributed by atoms with Crippen LogP contribution in [-0.4, -0.2) is 34.3 Å². The molecule has 5 heteroatoms. The Bertz CT molecular complexity index is 700. The zero-order valence-electron chi connectivity index (χ0n) is 15.4. The number of hydroxylamine groups is 2. The third kappa shape index (κ3) is 5.86. The SMILES string of the molecule is CC(C)(C)N([O-])/C=C1\[C]C(C(=O)NC(CO)Cc2ccccc2)=CC=C1. The van der Waals surface area contributed by atoms with Crippen LogP contribution in [-0.2, 0) is 11.2 Å². The second kappa shape index (κ2) is 8.83. The molecule has 0 bridgehead atoms. The summed E-state index contributed by atoms with van der Waals surface area (Å²) < 4.78 is 0. The molecule has 1 atom stereocenters. The van der Waals surface area contributed by atoms with Crippen molar-refractivity contribution in [2.24, 2.45) is 0 Å². The molecule has 1 unspecified atom stereocenters. The van der Waals surface area contributed by atoms with Gasteiger partial charge in [0.25, 0.3) is 0 Å². The number of rotatable bonds is 6. The number of nitrogens with zero attached hydrogens (tertiary/aromatic N) is 1. The molecule has 5 nitrogen and oxygen atoms in total. The number of aliphatic hydroxyl groups excluding tert-OH is 1. The molecule has 0 fully saturated rings. The van der Waals surface area contributed by atoms with E-state index in [1.165, 1.54) is 6.20 Å². The molecule has 0 aromatic heterocycles. The lowest BCUT2D eigenvalue weighted by Gasteiger charge is -2.41. The Balaban J connectivity index is 1.99. The molecule has 1 aliphatic rings. The fourth-order valence-electron chi connectivity index (χ4n) is 2.34. The third-order valence-electron chi connectivity index (χ3n) is 3.86. The monoisotopic (exact) mass is 353 g/mol. The number of aliphatic hydroxyl groups is 1. The van der Waals surface area contributed by atoms with Gasteiger partial charge in [0.2, 0.25) is 5.91 Å². The van der Waals surface area contributed by atoms with Crippen LogP contribution in [0.5, 0.6) is 0 Å². The molecule has 1 aromatic rings. The summed E-state index contributed by atoms with van der Waals surface area (Å²) in [6.07, 6.45) is 9.97. The topological polar surface area (TPSA) is 75.6 Å². The van der Waals surface area contributed by atoms with E-state index in [4.69, 9.17) is 0 Å². The minimum absolute atomic E-state index is 0.162. The van der Waals surface area contributed by atoms with Gasteiger partial charge in [-0.2, -0.15) is 0 Å². The van der Waals surface area contributed by atoms with Crippen molar-refractivity contribution in [1.29, 1.82) is 0 Å². The van der Waals surface area contributed by atoms with Crippen LogP contribution >= 0.6 is 0 Å². The summed E-state index contributed by atoms with van der Waals surface area (Å²) in [7, 11) is 0. The Kier molecular flexibility index (Phi) is 6.77. The van der Waals surface area contributed by atoms with Crippen LogP contribution in [0.3, 0.4) is 0 Å². The first-order valence-corrected chi connectivity index (χ1v) is 8.59. The molecule has 1 amide bonds. The van der Waals surface area contributed by atoms with Crippen molar-refractivity contribution in [2.45, 2.75) is 38.8 Å². The van der Waals surface area contributed by atoms with Crippen LogP contribution in [0.2, 0.25) is 0 Å². The first-order chi connectivity index (χ1) is 12.3. The summed E-state index contributed by atoms with van der Waals surface area (Å²) in [6.45, 7) is 5.26. The van der Waals surface area contributed by atoms with Crippen LogP contribution in [0, 0.1) is 11.6 Å². The van der Waals surface area contributed by atoms with Gasteiger partial charge >= 0.3 is 0 Å². The number of allylic oxidation sites excluding steroid dienone is 4. The third-order valence-corrected chi connectivity index (χ3v) is 3.86. The van der Waals surface area contributed by atoms with Crippen molar-refractivity contribution >= 4 is 5.91 Å². The van der Waals surface area contributed by atoms with E-state index in [0.717, 1.165) is 10.6 Å². The van der Waals surface area contributed by atoms with Gasteiger partial charge < -0.3 is 20.7 Å². The first-order valence-electron chi connectivity index (χ1n) is 8.59. The number of benzene rings is 1. The summed E-state index contributed by atoms with van der Waals surface area (Å²) in [5.41, 5.74) is 1.33. The van der Waals surface area contributed by atoms with Gasteiger partial charge in [-0.05, 0) is 44.5 Å².